The van der Waals surface area contributed by atoms with Crippen LogP contribution in [0.15, 0.2) is 35.8 Å². The van der Waals surface area contributed by atoms with Crippen LogP contribution in [-0.4, -0.2) is 21.7 Å². The van der Waals surface area contributed by atoms with E-state index >= 15 is 0 Å². The molecule has 2 aromatic rings. The zero-order valence-corrected chi connectivity index (χ0v) is 13.1. The SMILES string of the molecule is O=C(NC(c1cccs1)C1CC(O)C1)c1cccn1C1CC1. The first-order valence-corrected chi connectivity index (χ1v) is 8.79. The van der Waals surface area contributed by atoms with Gasteiger partial charge in [-0.3, -0.25) is 4.79 Å². The summed E-state index contributed by atoms with van der Waals surface area (Å²) in [6.45, 7) is 0. The number of carbonyl (C=O) groups excluding carboxylic acids is 1. The lowest BCUT2D eigenvalue weighted by Crippen LogP contribution is -2.41. The number of nitrogens with zero attached hydrogens (tertiary/aromatic N) is 1. The summed E-state index contributed by atoms with van der Waals surface area (Å²) in [4.78, 5) is 13.9. The zero-order chi connectivity index (χ0) is 15.1. The molecule has 2 heterocycles. The van der Waals surface area contributed by atoms with Crippen molar-refractivity contribution in [1.29, 1.82) is 0 Å². The number of nitrogens with one attached hydrogen (secondary N) is 1. The van der Waals surface area contributed by atoms with Crippen molar-refractivity contribution in [3.63, 3.8) is 0 Å². The minimum absolute atomic E-state index is 0.00307. The molecule has 4 nitrogen and oxygen atoms in total. The number of hydrogen-bond donors (Lipinski definition) is 2. The summed E-state index contributed by atoms with van der Waals surface area (Å²) < 4.78 is 2.09. The van der Waals surface area contributed by atoms with Gasteiger partial charge in [-0.15, -0.1) is 11.3 Å². The summed E-state index contributed by atoms with van der Waals surface area (Å²) in [5, 5.41) is 14.8. The van der Waals surface area contributed by atoms with E-state index in [1.54, 1.807) is 11.3 Å². The number of aliphatic hydroxyl groups is 1. The number of amides is 1. The van der Waals surface area contributed by atoms with Crippen molar-refractivity contribution in [2.45, 2.75) is 43.9 Å². The predicted molar refractivity (Wildman–Crippen MR) is 86.0 cm³/mol. The van der Waals surface area contributed by atoms with Crippen LogP contribution < -0.4 is 5.32 Å². The van der Waals surface area contributed by atoms with Gasteiger partial charge in [0.2, 0.25) is 0 Å². The lowest BCUT2D eigenvalue weighted by atomic mass is 9.76. The molecular formula is C17H20N2O2S. The van der Waals surface area contributed by atoms with Crippen LogP contribution in [0.3, 0.4) is 0 Å². The van der Waals surface area contributed by atoms with Gasteiger partial charge in [0.15, 0.2) is 0 Å². The number of rotatable bonds is 5. The Morgan fingerprint density at radius 3 is 2.77 bits per heavy atom. The maximum atomic E-state index is 12.7. The van der Waals surface area contributed by atoms with Crippen LogP contribution >= 0.6 is 11.3 Å². The van der Waals surface area contributed by atoms with Crippen molar-refractivity contribution in [3.8, 4) is 0 Å². The van der Waals surface area contributed by atoms with Crippen molar-refractivity contribution in [1.82, 2.24) is 9.88 Å². The summed E-state index contributed by atoms with van der Waals surface area (Å²) in [5.41, 5.74) is 0.754. The molecule has 5 heteroatoms. The molecule has 0 aromatic carbocycles. The van der Waals surface area contributed by atoms with Crippen LogP contribution in [0.5, 0.6) is 0 Å². The molecule has 4 rings (SSSR count). The van der Waals surface area contributed by atoms with Crippen molar-refractivity contribution in [3.05, 3.63) is 46.4 Å². The Balaban J connectivity index is 1.53. The average molecular weight is 316 g/mol. The van der Waals surface area contributed by atoms with Gasteiger partial charge in [0.05, 0.1) is 12.1 Å². The molecule has 2 aromatic heterocycles. The fraction of sp³-hybridized carbons (Fsp3) is 0.471. The van der Waals surface area contributed by atoms with Crippen LogP contribution in [0, 0.1) is 5.92 Å². The molecule has 2 saturated carbocycles. The second kappa shape index (κ2) is 5.56. The Morgan fingerprint density at radius 2 is 2.14 bits per heavy atom. The molecule has 0 saturated heterocycles. The van der Waals surface area contributed by atoms with Gasteiger partial charge in [-0.2, -0.15) is 0 Å². The second-order valence-corrected chi connectivity index (χ2v) is 7.36. The summed E-state index contributed by atoms with van der Waals surface area (Å²) in [7, 11) is 0. The van der Waals surface area contributed by atoms with E-state index in [1.807, 2.05) is 29.8 Å². The Labute approximate surface area is 133 Å². The number of aromatic nitrogens is 1. The predicted octanol–water partition coefficient (Wildman–Crippen LogP) is 3.13. The van der Waals surface area contributed by atoms with E-state index in [4.69, 9.17) is 0 Å². The van der Waals surface area contributed by atoms with Crippen LogP contribution in [-0.2, 0) is 0 Å². The fourth-order valence-corrected chi connectivity index (χ4v) is 4.13. The lowest BCUT2D eigenvalue weighted by Gasteiger charge is -2.37. The minimum atomic E-state index is -0.209. The number of carbonyl (C=O) groups is 1. The number of hydrogen-bond acceptors (Lipinski definition) is 3. The first-order chi connectivity index (χ1) is 10.7. The summed E-state index contributed by atoms with van der Waals surface area (Å²) in [6.07, 6.45) is 5.66. The molecule has 1 amide bonds. The maximum absolute atomic E-state index is 12.7. The Hall–Kier alpha value is -1.59. The Morgan fingerprint density at radius 1 is 1.32 bits per heavy atom. The van der Waals surface area contributed by atoms with E-state index in [0.717, 1.165) is 31.4 Å². The molecule has 0 radical (unpaired) electrons. The number of aliphatic hydroxyl groups excluding tert-OH is 1. The van der Waals surface area contributed by atoms with Gasteiger partial charge in [-0.1, -0.05) is 6.07 Å². The number of thiophene rings is 1. The molecule has 116 valence electrons. The minimum Gasteiger partial charge on any atom is -0.393 e. The normalized spacial score (nSPS) is 25.5. The van der Waals surface area contributed by atoms with Crippen molar-refractivity contribution in [2.75, 3.05) is 0 Å². The van der Waals surface area contributed by atoms with Gasteiger partial charge in [-0.05, 0) is 55.2 Å². The Bertz CT molecular complexity index is 654. The topological polar surface area (TPSA) is 54.3 Å². The molecule has 0 bridgehead atoms. The highest BCUT2D eigenvalue weighted by Gasteiger charge is 2.37. The second-order valence-electron chi connectivity index (χ2n) is 6.38. The maximum Gasteiger partial charge on any atom is 0.268 e. The van der Waals surface area contributed by atoms with E-state index in [0.29, 0.717) is 12.0 Å². The highest BCUT2D eigenvalue weighted by Crippen LogP contribution is 2.40. The van der Waals surface area contributed by atoms with E-state index in [-0.39, 0.29) is 18.1 Å². The summed E-state index contributed by atoms with van der Waals surface area (Å²) >= 11 is 1.67. The molecule has 1 unspecified atom stereocenters. The highest BCUT2D eigenvalue weighted by atomic mass is 32.1. The smallest absolute Gasteiger partial charge is 0.268 e. The van der Waals surface area contributed by atoms with E-state index in [2.05, 4.69) is 16.0 Å². The average Bonchev–Trinajstić information content (AvgIpc) is 3.01. The zero-order valence-electron chi connectivity index (χ0n) is 12.3. The third-order valence-corrected chi connectivity index (χ3v) is 5.66. The molecular weight excluding hydrogens is 296 g/mol. The van der Waals surface area contributed by atoms with E-state index in [1.165, 1.54) is 4.88 Å². The van der Waals surface area contributed by atoms with Crippen molar-refractivity contribution >= 4 is 17.2 Å². The van der Waals surface area contributed by atoms with Crippen molar-refractivity contribution < 1.29 is 9.90 Å². The third kappa shape index (κ3) is 2.59. The van der Waals surface area contributed by atoms with Crippen LogP contribution in [0.4, 0.5) is 0 Å². The van der Waals surface area contributed by atoms with Crippen molar-refractivity contribution in [2.24, 2.45) is 5.92 Å². The fourth-order valence-electron chi connectivity index (χ4n) is 3.26. The first kappa shape index (κ1) is 14.0. The van der Waals surface area contributed by atoms with Gasteiger partial charge in [0, 0.05) is 17.1 Å². The monoisotopic (exact) mass is 316 g/mol. The van der Waals surface area contributed by atoms with Crippen LogP contribution in [0.2, 0.25) is 0 Å². The first-order valence-electron chi connectivity index (χ1n) is 7.91. The largest absolute Gasteiger partial charge is 0.393 e. The molecule has 2 aliphatic rings. The highest BCUT2D eigenvalue weighted by molar-refractivity contribution is 7.10. The van der Waals surface area contributed by atoms with Gasteiger partial charge in [-0.25, -0.2) is 0 Å². The van der Waals surface area contributed by atoms with Crippen LogP contribution in [0.25, 0.3) is 0 Å². The molecule has 0 spiro atoms. The summed E-state index contributed by atoms with van der Waals surface area (Å²) in [6, 6.07) is 8.44. The van der Waals surface area contributed by atoms with Gasteiger partial charge in [0.25, 0.3) is 5.91 Å². The summed E-state index contributed by atoms with van der Waals surface area (Å²) in [5.74, 6) is 0.332. The van der Waals surface area contributed by atoms with Gasteiger partial charge in [0.1, 0.15) is 5.69 Å². The molecule has 2 aliphatic carbocycles. The van der Waals surface area contributed by atoms with E-state index in [9.17, 15) is 9.90 Å². The molecule has 1 atom stereocenters. The Kier molecular flexibility index (Phi) is 3.54. The molecule has 0 aliphatic heterocycles. The molecule has 22 heavy (non-hydrogen) atoms. The van der Waals surface area contributed by atoms with Gasteiger partial charge >= 0.3 is 0 Å². The van der Waals surface area contributed by atoms with Crippen LogP contribution in [0.1, 0.15) is 53.1 Å². The standard InChI is InChI=1S/C17H20N2O2S/c20-13-9-11(10-13)16(15-4-2-8-22-15)18-17(21)14-3-1-7-19(14)12-5-6-12/h1-4,7-8,11-13,16,20H,5-6,9-10H2,(H,18,21). The lowest BCUT2D eigenvalue weighted by molar-refractivity contribution is 0.0240. The third-order valence-electron chi connectivity index (χ3n) is 4.71. The molecule has 2 N–H and O–H groups in total. The quantitative estimate of drug-likeness (QED) is 0.890. The molecule has 2 fully saturated rings. The van der Waals surface area contributed by atoms with E-state index < -0.39 is 0 Å². The van der Waals surface area contributed by atoms with Gasteiger partial charge < -0.3 is 15.0 Å².